The number of hydrogen-bond donors (Lipinski definition) is 2. The summed E-state index contributed by atoms with van der Waals surface area (Å²) in [4.78, 5) is 34.6. The zero-order chi connectivity index (χ0) is 19.9. The SMILES string of the molecule is NC(=O)NC(=O)COC(=O)C=Cc1cn(-c2ccccc2)nc1-c1cccs1. The maximum Gasteiger partial charge on any atom is 0.331 e. The van der Waals surface area contributed by atoms with Crippen LogP contribution in [0.1, 0.15) is 5.56 Å². The lowest BCUT2D eigenvalue weighted by molar-refractivity contribution is -0.143. The van der Waals surface area contributed by atoms with Crippen LogP contribution in [0.15, 0.2) is 60.1 Å². The molecule has 1 aromatic carbocycles. The van der Waals surface area contributed by atoms with Gasteiger partial charge in [0.25, 0.3) is 5.91 Å². The third-order valence-electron chi connectivity index (χ3n) is 3.52. The third kappa shape index (κ3) is 4.92. The number of carbonyl (C=O) groups excluding carboxylic acids is 3. The van der Waals surface area contributed by atoms with Crippen LogP contribution in [0, 0.1) is 0 Å². The van der Waals surface area contributed by atoms with Crippen molar-refractivity contribution in [3.8, 4) is 16.3 Å². The molecule has 0 aliphatic rings. The highest BCUT2D eigenvalue weighted by Crippen LogP contribution is 2.28. The Labute approximate surface area is 164 Å². The molecular weight excluding hydrogens is 380 g/mol. The number of hydrogen-bond acceptors (Lipinski definition) is 6. The van der Waals surface area contributed by atoms with E-state index in [0.717, 1.165) is 16.3 Å². The van der Waals surface area contributed by atoms with Crippen LogP contribution in [0.5, 0.6) is 0 Å². The molecular formula is C19H16N4O4S. The first-order valence-electron chi connectivity index (χ1n) is 8.16. The molecule has 0 radical (unpaired) electrons. The van der Waals surface area contributed by atoms with E-state index in [9.17, 15) is 14.4 Å². The van der Waals surface area contributed by atoms with Gasteiger partial charge in [0.1, 0.15) is 5.69 Å². The highest BCUT2D eigenvalue weighted by Gasteiger charge is 2.12. The van der Waals surface area contributed by atoms with Crippen molar-refractivity contribution in [3.63, 3.8) is 0 Å². The minimum atomic E-state index is -1.01. The quantitative estimate of drug-likeness (QED) is 0.490. The van der Waals surface area contributed by atoms with Gasteiger partial charge >= 0.3 is 12.0 Å². The number of aromatic nitrogens is 2. The predicted octanol–water partition coefficient (Wildman–Crippen LogP) is 2.35. The summed E-state index contributed by atoms with van der Waals surface area (Å²) in [6.45, 7) is -0.604. The average Bonchev–Trinajstić information content (AvgIpc) is 3.34. The van der Waals surface area contributed by atoms with E-state index in [2.05, 4.69) is 5.10 Å². The summed E-state index contributed by atoms with van der Waals surface area (Å²) >= 11 is 1.53. The van der Waals surface area contributed by atoms with Crippen LogP contribution in [0.3, 0.4) is 0 Å². The molecule has 8 nitrogen and oxygen atoms in total. The number of nitrogens with one attached hydrogen (secondary N) is 1. The van der Waals surface area contributed by atoms with Crippen molar-refractivity contribution in [1.29, 1.82) is 0 Å². The molecule has 142 valence electrons. The van der Waals surface area contributed by atoms with E-state index in [1.165, 1.54) is 17.4 Å². The second-order valence-corrected chi connectivity index (χ2v) is 6.49. The number of urea groups is 1. The standard InChI is InChI=1S/C19H16N4O4S/c20-19(26)21-16(24)12-27-17(25)9-8-13-11-23(14-5-2-1-3-6-14)22-18(13)15-7-4-10-28-15/h1-11H,12H2,(H3,20,21,24,26). The molecule has 2 heterocycles. The minimum Gasteiger partial charge on any atom is -0.452 e. The molecule has 0 fully saturated rings. The minimum absolute atomic E-state index is 0.604. The van der Waals surface area contributed by atoms with E-state index in [4.69, 9.17) is 10.5 Å². The van der Waals surface area contributed by atoms with E-state index < -0.39 is 24.5 Å². The third-order valence-corrected chi connectivity index (χ3v) is 4.40. The van der Waals surface area contributed by atoms with Crippen molar-refractivity contribution in [1.82, 2.24) is 15.1 Å². The molecule has 0 spiro atoms. The number of thiophene rings is 1. The number of primary amides is 1. The first-order valence-corrected chi connectivity index (χ1v) is 9.04. The fourth-order valence-corrected chi connectivity index (χ4v) is 3.07. The van der Waals surface area contributed by atoms with Crippen molar-refractivity contribution in [2.75, 3.05) is 6.61 Å². The van der Waals surface area contributed by atoms with Gasteiger partial charge in [-0.15, -0.1) is 11.3 Å². The van der Waals surface area contributed by atoms with Crippen LogP contribution in [0.25, 0.3) is 22.3 Å². The zero-order valence-corrected chi connectivity index (χ0v) is 15.4. The molecule has 2 aromatic heterocycles. The molecule has 0 bridgehead atoms. The van der Waals surface area contributed by atoms with E-state index in [1.807, 2.05) is 53.2 Å². The van der Waals surface area contributed by atoms with Gasteiger partial charge < -0.3 is 10.5 Å². The number of nitrogens with two attached hydrogens (primary N) is 1. The molecule has 0 aliphatic carbocycles. The summed E-state index contributed by atoms with van der Waals surface area (Å²) in [5, 5.41) is 8.36. The zero-order valence-electron chi connectivity index (χ0n) is 14.6. The van der Waals surface area contributed by atoms with Crippen LogP contribution in [-0.2, 0) is 14.3 Å². The number of nitrogens with zero attached hydrogens (tertiary/aromatic N) is 2. The Morgan fingerprint density at radius 3 is 2.64 bits per heavy atom. The Morgan fingerprint density at radius 1 is 1.18 bits per heavy atom. The molecule has 9 heteroatoms. The van der Waals surface area contributed by atoms with Crippen LogP contribution in [0.4, 0.5) is 4.79 Å². The topological polar surface area (TPSA) is 116 Å². The largest absolute Gasteiger partial charge is 0.452 e. The van der Waals surface area contributed by atoms with Gasteiger partial charge in [-0.25, -0.2) is 14.3 Å². The molecule has 3 aromatic rings. The van der Waals surface area contributed by atoms with Crippen LogP contribution in [0.2, 0.25) is 0 Å². The molecule has 0 saturated heterocycles. The van der Waals surface area contributed by atoms with Gasteiger partial charge in [0.2, 0.25) is 0 Å². The fourth-order valence-electron chi connectivity index (χ4n) is 2.34. The van der Waals surface area contributed by atoms with Gasteiger partial charge in [0.15, 0.2) is 6.61 Å². The number of imide groups is 1. The second kappa shape index (κ2) is 8.78. The summed E-state index contributed by atoms with van der Waals surface area (Å²) < 4.78 is 6.50. The Morgan fingerprint density at radius 2 is 1.96 bits per heavy atom. The fraction of sp³-hybridized carbons (Fsp3) is 0.0526. The summed E-state index contributed by atoms with van der Waals surface area (Å²) in [5.41, 5.74) is 7.12. The highest BCUT2D eigenvalue weighted by molar-refractivity contribution is 7.13. The Kier molecular flexibility index (Phi) is 5.97. The lowest BCUT2D eigenvalue weighted by Crippen LogP contribution is -2.37. The number of amides is 3. The highest BCUT2D eigenvalue weighted by atomic mass is 32.1. The molecule has 3 rings (SSSR count). The van der Waals surface area contributed by atoms with Crippen molar-refractivity contribution in [2.45, 2.75) is 0 Å². The van der Waals surface area contributed by atoms with Gasteiger partial charge in [-0.3, -0.25) is 10.1 Å². The summed E-state index contributed by atoms with van der Waals surface area (Å²) in [5.74, 6) is -1.53. The first kappa shape index (κ1) is 19.1. The van der Waals surface area contributed by atoms with Crippen LogP contribution >= 0.6 is 11.3 Å². The number of benzene rings is 1. The van der Waals surface area contributed by atoms with E-state index in [0.29, 0.717) is 5.56 Å². The first-order chi connectivity index (χ1) is 13.5. The van der Waals surface area contributed by atoms with Crippen molar-refractivity contribution in [2.24, 2.45) is 5.73 Å². The molecule has 0 aliphatic heterocycles. The summed E-state index contributed by atoms with van der Waals surface area (Å²) in [6.07, 6.45) is 4.56. The number of esters is 1. The van der Waals surface area contributed by atoms with E-state index >= 15 is 0 Å². The second-order valence-electron chi connectivity index (χ2n) is 5.54. The van der Waals surface area contributed by atoms with Gasteiger partial charge in [0.05, 0.1) is 10.6 Å². The molecule has 0 atom stereocenters. The van der Waals surface area contributed by atoms with Crippen LogP contribution in [-0.4, -0.2) is 34.3 Å². The maximum absolute atomic E-state index is 11.9. The molecule has 3 amide bonds. The lowest BCUT2D eigenvalue weighted by Gasteiger charge is -2.01. The van der Waals surface area contributed by atoms with Crippen molar-refractivity contribution in [3.05, 3.63) is 65.7 Å². The number of ether oxygens (including phenoxy) is 1. The van der Waals surface area contributed by atoms with Gasteiger partial charge in [-0.05, 0) is 29.7 Å². The van der Waals surface area contributed by atoms with Crippen molar-refractivity contribution < 1.29 is 19.1 Å². The monoisotopic (exact) mass is 396 g/mol. The van der Waals surface area contributed by atoms with Crippen molar-refractivity contribution >= 4 is 35.3 Å². The number of para-hydroxylation sites is 1. The van der Waals surface area contributed by atoms with Gasteiger partial charge in [0, 0.05) is 17.8 Å². The van der Waals surface area contributed by atoms with Gasteiger partial charge in [-0.1, -0.05) is 24.3 Å². The summed E-state index contributed by atoms with van der Waals surface area (Å²) in [6, 6.07) is 12.4. The smallest absolute Gasteiger partial charge is 0.331 e. The normalized spacial score (nSPS) is 10.7. The molecule has 0 unspecified atom stereocenters. The van der Waals surface area contributed by atoms with E-state index in [1.54, 1.807) is 17.0 Å². The Bertz CT molecular complexity index is 1010. The molecule has 28 heavy (non-hydrogen) atoms. The Balaban J connectivity index is 1.78. The number of carbonyl (C=O) groups is 3. The molecule has 0 saturated carbocycles. The Hall–Kier alpha value is -3.72. The van der Waals surface area contributed by atoms with Crippen LogP contribution < -0.4 is 11.1 Å². The predicted molar refractivity (Wildman–Crippen MR) is 105 cm³/mol. The lowest BCUT2D eigenvalue weighted by atomic mass is 10.2. The molecule has 3 N–H and O–H groups in total. The average molecular weight is 396 g/mol. The van der Waals surface area contributed by atoms with Gasteiger partial charge in [-0.2, -0.15) is 5.10 Å². The number of rotatable bonds is 6. The maximum atomic E-state index is 11.9. The van der Waals surface area contributed by atoms with E-state index in [-0.39, 0.29) is 0 Å². The summed E-state index contributed by atoms with van der Waals surface area (Å²) in [7, 11) is 0.